The fraction of sp³-hybridized carbons (Fsp3) is 0.619. The van der Waals surface area contributed by atoms with E-state index in [0.717, 1.165) is 50.9 Å². The van der Waals surface area contributed by atoms with Crippen molar-refractivity contribution in [2.24, 2.45) is 10.9 Å². The molecule has 3 rings (SSSR count). The highest BCUT2D eigenvalue weighted by Crippen LogP contribution is 2.27. The average Bonchev–Trinajstić information content (AvgIpc) is 3.50. The van der Waals surface area contributed by atoms with E-state index in [1.807, 2.05) is 0 Å². The molecular formula is C21H34IN5O. The molecule has 7 heteroatoms. The second kappa shape index (κ2) is 11.6. The number of nitrogens with one attached hydrogen (secondary N) is 2. The lowest BCUT2D eigenvalue weighted by Crippen LogP contribution is -2.49. The van der Waals surface area contributed by atoms with Crippen LogP contribution in [0.3, 0.4) is 0 Å². The number of aliphatic imine (C=N–C) groups is 1. The molecule has 28 heavy (non-hydrogen) atoms. The van der Waals surface area contributed by atoms with Crippen LogP contribution in [0.25, 0.3) is 0 Å². The Morgan fingerprint density at radius 1 is 1.14 bits per heavy atom. The third kappa shape index (κ3) is 7.95. The largest absolute Gasteiger partial charge is 0.356 e. The highest BCUT2D eigenvalue weighted by atomic mass is 127. The zero-order chi connectivity index (χ0) is 19.1. The normalized spacial score (nSPS) is 18.3. The number of likely N-dealkylation sites (tertiary alicyclic amines) is 1. The molecule has 2 N–H and O–H groups in total. The summed E-state index contributed by atoms with van der Waals surface area (Å²) < 4.78 is 0. The van der Waals surface area contributed by atoms with E-state index in [2.05, 4.69) is 50.9 Å². The van der Waals surface area contributed by atoms with E-state index < -0.39 is 0 Å². The highest BCUT2D eigenvalue weighted by Gasteiger charge is 2.23. The topological polar surface area (TPSA) is 60.0 Å². The Balaban J connectivity index is 0.00000280. The van der Waals surface area contributed by atoms with Crippen molar-refractivity contribution in [3.05, 3.63) is 35.9 Å². The van der Waals surface area contributed by atoms with Gasteiger partial charge in [-0.2, -0.15) is 0 Å². The first-order valence-corrected chi connectivity index (χ1v) is 10.1. The molecule has 0 bridgehead atoms. The van der Waals surface area contributed by atoms with Crippen LogP contribution in [0.1, 0.15) is 31.2 Å². The van der Waals surface area contributed by atoms with Crippen molar-refractivity contribution >= 4 is 35.8 Å². The Morgan fingerprint density at radius 2 is 1.82 bits per heavy atom. The van der Waals surface area contributed by atoms with E-state index in [1.165, 1.54) is 18.4 Å². The summed E-state index contributed by atoms with van der Waals surface area (Å²) in [6.45, 7) is 4.33. The van der Waals surface area contributed by atoms with Crippen LogP contribution in [0.2, 0.25) is 0 Å². The molecule has 1 aromatic rings. The average molecular weight is 499 g/mol. The minimum Gasteiger partial charge on any atom is -0.356 e. The molecule has 1 aromatic carbocycles. The van der Waals surface area contributed by atoms with Crippen LogP contribution in [-0.2, 0) is 11.3 Å². The second-order valence-electron chi connectivity index (χ2n) is 7.96. The van der Waals surface area contributed by atoms with Crippen LogP contribution < -0.4 is 10.6 Å². The first-order valence-electron chi connectivity index (χ1n) is 10.1. The molecule has 0 unspecified atom stereocenters. The lowest BCUT2D eigenvalue weighted by Gasteiger charge is -2.33. The summed E-state index contributed by atoms with van der Waals surface area (Å²) in [7, 11) is 3.54. The SMILES string of the molecule is CN(C)C(=O)CN=C(NCC1CC1)NC1CCN(Cc2ccccc2)CC1.I. The minimum atomic E-state index is 0. The van der Waals surface area contributed by atoms with Crippen LogP contribution in [0.5, 0.6) is 0 Å². The van der Waals surface area contributed by atoms with E-state index in [1.54, 1.807) is 19.0 Å². The van der Waals surface area contributed by atoms with Gasteiger partial charge in [0, 0.05) is 46.3 Å². The van der Waals surface area contributed by atoms with E-state index in [9.17, 15) is 4.79 Å². The van der Waals surface area contributed by atoms with E-state index in [0.29, 0.717) is 6.04 Å². The summed E-state index contributed by atoms with van der Waals surface area (Å²) in [5.74, 6) is 1.59. The summed E-state index contributed by atoms with van der Waals surface area (Å²) in [6.07, 6.45) is 4.79. The van der Waals surface area contributed by atoms with Gasteiger partial charge in [0.05, 0.1) is 0 Å². The lowest BCUT2D eigenvalue weighted by molar-refractivity contribution is -0.127. The lowest BCUT2D eigenvalue weighted by atomic mass is 10.0. The Bertz CT molecular complexity index is 625. The number of amides is 1. The first kappa shape index (κ1) is 22.9. The van der Waals surface area contributed by atoms with Crippen molar-refractivity contribution in [1.29, 1.82) is 0 Å². The van der Waals surface area contributed by atoms with Crippen molar-refractivity contribution in [1.82, 2.24) is 20.4 Å². The number of halogens is 1. The molecule has 1 saturated carbocycles. The monoisotopic (exact) mass is 499 g/mol. The number of benzene rings is 1. The molecule has 0 aromatic heterocycles. The zero-order valence-electron chi connectivity index (χ0n) is 17.1. The Kier molecular flexibility index (Phi) is 9.50. The van der Waals surface area contributed by atoms with Crippen molar-refractivity contribution in [2.45, 2.75) is 38.3 Å². The number of hydrogen-bond acceptors (Lipinski definition) is 3. The van der Waals surface area contributed by atoms with Crippen molar-refractivity contribution in [3.8, 4) is 0 Å². The number of likely N-dealkylation sites (N-methyl/N-ethyl adjacent to an activating group) is 1. The van der Waals surface area contributed by atoms with Crippen molar-refractivity contribution in [2.75, 3.05) is 40.3 Å². The number of hydrogen-bond donors (Lipinski definition) is 2. The molecule has 156 valence electrons. The fourth-order valence-electron chi connectivity index (χ4n) is 3.27. The number of rotatable bonds is 7. The van der Waals surface area contributed by atoms with E-state index in [4.69, 9.17) is 0 Å². The Hall–Kier alpha value is -1.35. The van der Waals surface area contributed by atoms with Gasteiger partial charge in [0.2, 0.25) is 5.91 Å². The number of nitrogens with zero attached hydrogens (tertiary/aromatic N) is 3. The molecule has 0 atom stereocenters. The predicted molar refractivity (Wildman–Crippen MR) is 125 cm³/mol. The van der Waals surface area contributed by atoms with Gasteiger partial charge >= 0.3 is 0 Å². The molecule has 1 aliphatic heterocycles. The Labute approximate surface area is 186 Å². The number of carbonyl (C=O) groups excluding carboxylic acids is 1. The van der Waals surface area contributed by atoms with Gasteiger partial charge in [-0.25, -0.2) is 4.99 Å². The first-order chi connectivity index (χ1) is 13.1. The number of guanidine groups is 1. The van der Waals surface area contributed by atoms with Gasteiger partial charge in [-0.15, -0.1) is 24.0 Å². The van der Waals surface area contributed by atoms with E-state index in [-0.39, 0.29) is 36.4 Å². The second-order valence-corrected chi connectivity index (χ2v) is 7.96. The van der Waals surface area contributed by atoms with Gasteiger partial charge in [-0.1, -0.05) is 30.3 Å². The Morgan fingerprint density at radius 3 is 2.43 bits per heavy atom. The molecule has 1 saturated heterocycles. The molecule has 2 aliphatic rings. The van der Waals surface area contributed by atoms with Crippen LogP contribution in [0.4, 0.5) is 0 Å². The van der Waals surface area contributed by atoms with Crippen LogP contribution in [0.15, 0.2) is 35.3 Å². The van der Waals surface area contributed by atoms with Gasteiger partial charge in [0.1, 0.15) is 6.54 Å². The van der Waals surface area contributed by atoms with Gasteiger partial charge < -0.3 is 15.5 Å². The standard InChI is InChI=1S/C21H33N5O.HI/c1-25(2)20(27)15-23-21(22-14-17-8-9-17)24-19-10-12-26(13-11-19)16-18-6-4-3-5-7-18;/h3-7,17,19H,8-16H2,1-2H3,(H2,22,23,24);1H. The van der Waals surface area contributed by atoms with Crippen LogP contribution >= 0.6 is 24.0 Å². The summed E-state index contributed by atoms with van der Waals surface area (Å²) >= 11 is 0. The maximum absolute atomic E-state index is 11.9. The molecule has 0 radical (unpaired) electrons. The zero-order valence-corrected chi connectivity index (χ0v) is 19.4. The highest BCUT2D eigenvalue weighted by molar-refractivity contribution is 14.0. The number of piperidine rings is 1. The maximum Gasteiger partial charge on any atom is 0.243 e. The quantitative estimate of drug-likeness (QED) is 0.344. The summed E-state index contributed by atoms with van der Waals surface area (Å²) in [4.78, 5) is 20.5. The molecule has 2 fully saturated rings. The molecular weight excluding hydrogens is 465 g/mol. The maximum atomic E-state index is 11.9. The van der Waals surface area contributed by atoms with Gasteiger partial charge in [-0.3, -0.25) is 9.69 Å². The third-order valence-corrected chi connectivity index (χ3v) is 5.30. The van der Waals surface area contributed by atoms with Crippen LogP contribution in [0, 0.1) is 5.92 Å². The van der Waals surface area contributed by atoms with Gasteiger partial charge in [0.15, 0.2) is 5.96 Å². The van der Waals surface area contributed by atoms with Crippen molar-refractivity contribution in [3.63, 3.8) is 0 Å². The van der Waals surface area contributed by atoms with Crippen LogP contribution in [-0.4, -0.2) is 68.0 Å². The predicted octanol–water partition coefficient (Wildman–Crippen LogP) is 2.30. The molecule has 6 nitrogen and oxygen atoms in total. The summed E-state index contributed by atoms with van der Waals surface area (Å²) in [6, 6.07) is 11.1. The fourth-order valence-corrected chi connectivity index (χ4v) is 3.27. The smallest absolute Gasteiger partial charge is 0.243 e. The molecule has 1 heterocycles. The van der Waals surface area contributed by atoms with Gasteiger partial charge in [-0.05, 0) is 37.2 Å². The number of carbonyl (C=O) groups is 1. The molecule has 1 aliphatic carbocycles. The molecule has 1 amide bonds. The van der Waals surface area contributed by atoms with E-state index >= 15 is 0 Å². The van der Waals surface area contributed by atoms with Gasteiger partial charge in [0.25, 0.3) is 0 Å². The summed E-state index contributed by atoms with van der Waals surface area (Å²) in [5.41, 5.74) is 1.37. The van der Waals surface area contributed by atoms with Crippen molar-refractivity contribution < 1.29 is 4.79 Å². The third-order valence-electron chi connectivity index (χ3n) is 5.30. The minimum absolute atomic E-state index is 0. The summed E-state index contributed by atoms with van der Waals surface area (Å²) in [5, 5.41) is 6.99. The molecule has 0 spiro atoms.